The molecule has 1 aromatic heterocycles. The molecule has 1 aromatic rings. The molecule has 1 aliphatic heterocycles. The highest BCUT2D eigenvalue weighted by Gasteiger charge is 2.30. The molecule has 2 atom stereocenters. The minimum Gasteiger partial charge on any atom is -0.480 e. The van der Waals surface area contributed by atoms with Gasteiger partial charge in [-0.05, 0) is 0 Å². The number of aromatic nitrogens is 2. The van der Waals surface area contributed by atoms with Crippen LogP contribution in [0.25, 0.3) is 0 Å². The van der Waals surface area contributed by atoms with Crippen LogP contribution in [0.4, 0.5) is 0 Å². The van der Waals surface area contributed by atoms with Crippen LogP contribution in [0.2, 0.25) is 5.02 Å². The standard InChI is InChI=1S/C9H10ClN3O3/c10-5-2-12-9(13-3-5)16-6-1-7(8(14)15)11-4-6/h2-3,6-7,11H,1,4H2,(H,14,15). The molecule has 0 saturated carbocycles. The minimum atomic E-state index is -0.872. The summed E-state index contributed by atoms with van der Waals surface area (Å²) in [6.45, 7) is 0.475. The summed E-state index contributed by atoms with van der Waals surface area (Å²) in [5.74, 6) is -0.872. The van der Waals surface area contributed by atoms with Crippen molar-refractivity contribution in [1.29, 1.82) is 0 Å². The van der Waals surface area contributed by atoms with E-state index in [2.05, 4.69) is 15.3 Å². The molecule has 0 spiro atoms. The predicted octanol–water partition coefficient (Wildman–Crippen LogP) is 0.324. The molecule has 1 fully saturated rings. The van der Waals surface area contributed by atoms with Crippen molar-refractivity contribution >= 4 is 17.6 Å². The van der Waals surface area contributed by atoms with E-state index in [4.69, 9.17) is 21.4 Å². The van der Waals surface area contributed by atoms with Crippen molar-refractivity contribution < 1.29 is 14.6 Å². The highest BCUT2D eigenvalue weighted by atomic mass is 35.5. The molecule has 86 valence electrons. The predicted molar refractivity (Wildman–Crippen MR) is 55.5 cm³/mol. The zero-order chi connectivity index (χ0) is 11.5. The number of nitrogens with one attached hydrogen (secondary N) is 1. The average Bonchev–Trinajstić information content (AvgIpc) is 2.70. The molecule has 2 heterocycles. The van der Waals surface area contributed by atoms with Crippen LogP contribution in [0.3, 0.4) is 0 Å². The molecule has 0 aromatic carbocycles. The van der Waals surface area contributed by atoms with E-state index in [-0.39, 0.29) is 12.1 Å². The summed E-state index contributed by atoms with van der Waals surface area (Å²) in [6, 6.07) is -0.348. The molecule has 1 aliphatic rings. The minimum absolute atomic E-state index is 0.210. The number of halogens is 1. The van der Waals surface area contributed by atoms with E-state index in [1.165, 1.54) is 12.4 Å². The average molecular weight is 244 g/mol. The van der Waals surface area contributed by atoms with Crippen LogP contribution >= 0.6 is 11.6 Å². The van der Waals surface area contributed by atoms with Gasteiger partial charge < -0.3 is 15.2 Å². The fraction of sp³-hybridized carbons (Fsp3) is 0.444. The summed E-state index contributed by atoms with van der Waals surface area (Å²) in [7, 11) is 0. The van der Waals surface area contributed by atoms with Gasteiger partial charge in [0.1, 0.15) is 12.1 Å². The third kappa shape index (κ3) is 2.59. The van der Waals surface area contributed by atoms with Gasteiger partial charge in [-0.1, -0.05) is 11.6 Å². The Hall–Kier alpha value is -1.40. The summed E-state index contributed by atoms with van der Waals surface area (Å²) in [6.07, 6.45) is 3.05. The van der Waals surface area contributed by atoms with Gasteiger partial charge in [-0.3, -0.25) is 4.79 Å². The maximum absolute atomic E-state index is 10.7. The molecule has 0 bridgehead atoms. The second-order valence-electron chi connectivity index (χ2n) is 3.46. The number of nitrogens with zero attached hydrogens (tertiary/aromatic N) is 2. The van der Waals surface area contributed by atoms with E-state index in [1.807, 2.05) is 0 Å². The summed E-state index contributed by atoms with van der Waals surface area (Å²) in [5, 5.41) is 12.0. The first kappa shape index (κ1) is 11.1. The van der Waals surface area contributed by atoms with E-state index in [0.717, 1.165) is 0 Å². The van der Waals surface area contributed by atoms with Crippen molar-refractivity contribution in [3.05, 3.63) is 17.4 Å². The molecular formula is C9H10ClN3O3. The SMILES string of the molecule is O=C(O)C1CC(Oc2ncc(Cl)cn2)CN1. The highest BCUT2D eigenvalue weighted by molar-refractivity contribution is 6.30. The molecule has 16 heavy (non-hydrogen) atoms. The largest absolute Gasteiger partial charge is 0.480 e. The Bertz CT molecular complexity index is 384. The lowest BCUT2D eigenvalue weighted by Gasteiger charge is -2.09. The summed E-state index contributed by atoms with van der Waals surface area (Å²) < 4.78 is 5.40. The normalized spacial score (nSPS) is 24.3. The Morgan fingerprint density at radius 1 is 1.56 bits per heavy atom. The molecule has 0 amide bonds. The zero-order valence-electron chi connectivity index (χ0n) is 8.26. The Morgan fingerprint density at radius 2 is 2.25 bits per heavy atom. The molecule has 6 nitrogen and oxygen atoms in total. The Kier molecular flexibility index (Phi) is 3.21. The van der Waals surface area contributed by atoms with Gasteiger partial charge in [0.05, 0.1) is 17.4 Å². The highest BCUT2D eigenvalue weighted by Crippen LogP contribution is 2.14. The Morgan fingerprint density at radius 3 is 2.81 bits per heavy atom. The molecule has 2 N–H and O–H groups in total. The van der Waals surface area contributed by atoms with Crippen LogP contribution in [0, 0.1) is 0 Å². The van der Waals surface area contributed by atoms with E-state index in [9.17, 15) is 4.79 Å². The van der Waals surface area contributed by atoms with Gasteiger partial charge in [-0.2, -0.15) is 0 Å². The smallest absolute Gasteiger partial charge is 0.320 e. The lowest BCUT2D eigenvalue weighted by molar-refractivity contribution is -0.139. The van der Waals surface area contributed by atoms with Crippen molar-refractivity contribution in [3.63, 3.8) is 0 Å². The van der Waals surface area contributed by atoms with Crippen LogP contribution in [-0.4, -0.2) is 39.7 Å². The van der Waals surface area contributed by atoms with E-state index >= 15 is 0 Å². The van der Waals surface area contributed by atoms with Gasteiger partial charge in [0.15, 0.2) is 0 Å². The number of aliphatic carboxylic acids is 1. The first-order chi connectivity index (χ1) is 7.65. The van der Waals surface area contributed by atoms with Crippen molar-refractivity contribution in [3.8, 4) is 6.01 Å². The van der Waals surface area contributed by atoms with Crippen LogP contribution < -0.4 is 10.1 Å². The molecule has 2 unspecified atom stereocenters. The van der Waals surface area contributed by atoms with Crippen molar-refractivity contribution in [2.75, 3.05) is 6.54 Å². The van der Waals surface area contributed by atoms with Gasteiger partial charge in [0, 0.05) is 13.0 Å². The quantitative estimate of drug-likeness (QED) is 0.796. The van der Waals surface area contributed by atoms with Crippen molar-refractivity contribution in [1.82, 2.24) is 15.3 Å². The molecule has 2 rings (SSSR count). The zero-order valence-corrected chi connectivity index (χ0v) is 9.02. The van der Waals surface area contributed by atoms with Gasteiger partial charge in [0.2, 0.25) is 0 Å². The Labute approximate surface area is 96.6 Å². The number of carboxylic acids is 1. The number of hydrogen-bond donors (Lipinski definition) is 2. The lowest BCUT2D eigenvalue weighted by atomic mass is 10.2. The topological polar surface area (TPSA) is 84.3 Å². The van der Waals surface area contributed by atoms with Gasteiger partial charge in [-0.25, -0.2) is 9.97 Å². The van der Waals surface area contributed by atoms with Gasteiger partial charge in [-0.15, -0.1) is 0 Å². The van der Waals surface area contributed by atoms with Crippen LogP contribution in [0.1, 0.15) is 6.42 Å². The third-order valence-electron chi connectivity index (χ3n) is 2.26. The lowest BCUT2D eigenvalue weighted by Crippen LogP contribution is -2.30. The fourth-order valence-corrected chi connectivity index (χ4v) is 1.59. The van der Waals surface area contributed by atoms with Crippen LogP contribution in [0.5, 0.6) is 6.01 Å². The van der Waals surface area contributed by atoms with Crippen LogP contribution in [-0.2, 0) is 4.79 Å². The number of rotatable bonds is 3. The van der Waals surface area contributed by atoms with Crippen LogP contribution in [0.15, 0.2) is 12.4 Å². The van der Waals surface area contributed by atoms with Gasteiger partial charge in [0.25, 0.3) is 0 Å². The number of ether oxygens (including phenoxy) is 1. The number of hydrogen-bond acceptors (Lipinski definition) is 5. The molecule has 1 saturated heterocycles. The van der Waals surface area contributed by atoms with E-state index in [1.54, 1.807) is 0 Å². The summed E-state index contributed by atoms with van der Waals surface area (Å²) in [4.78, 5) is 18.4. The maximum Gasteiger partial charge on any atom is 0.320 e. The summed E-state index contributed by atoms with van der Waals surface area (Å²) in [5.41, 5.74) is 0. The number of carboxylic acid groups (broad SMARTS) is 1. The molecule has 0 radical (unpaired) electrons. The second-order valence-corrected chi connectivity index (χ2v) is 3.89. The van der Waals surface area contributed by atoms with Crippen molar-refractivity contribution in [2.24, 2.45) is 0 Å². The fourth-order valence-electron chi connectivity index (χ4n) is 1.49. The Balaban J connectivity index is 1.92. The molecule has 7 heteroatoms. The number of carbonyl (C=O) groups is 1. The van der Waals surface area contributed by atoms with E-state index in [0.29, 0.717) is 18.0 Å². The second kappa shape index (κ2) is 4.63. The first-order valence-corrected chi connectivity index (χ1v) is 5.13. The van der Waals surface area contributed by atoms with Crippen molar-refractivity contribution in [2.45, 2.75) is 18.6 Å². The van der Waals surface area contributed by atoms with E-state index < -0.39 is 12.0 Å². The van der Waals surface area contributed by atoms with Gasteiger partial charge >= 0.3 is 12.0 Å². The summed E-state index contributed by atoms with van der Waals surface area (Å²) >= 11 is 5.62. The monoisotopic (exact) mass is 243 g/mol. The first-order valence-electron chi connectivity index (χ1n) is 4.75. The molecular weight excluding hydrogens is 234 g/mol. The molecule has 0 aliphatic carbocycles. The third-order valence-corrected chi connectivity index (χ3v) is 2.45. The maximum atomic E-state index is 10.7.